The van der Waals surface area contributed by atoms with Crippen molar-refractivity contribution in [3.05, 3.63) is 34.3 Å². The number of Topliss-reactive ketones (excluding diaryl/α,β-unsaturated/α-hetero) is 1. The first-order chi connectivity index (χ1) is 9.70. The molecule has 4 nitrogen and oxygen atoms in total. The summed E-state index contributed by atoms with van der Waals surface area (Å²) in [6, 6.07) is 5.40. The summed E-state index contributed by atoms with van der Waals surface area (Å²) in [5, 5.41) is 0. The number of oxazole rings is 1. The van der Waals surface area contributed by atoms with E-state index >= 15 is 0 Å². The van der Waals surface area contributed by atoms with Crippen LogP contribution in [0, 0.1) is 17.8 Å². The first kappa shape index (κ1) is 11.9. The van der Waals surface area contributed by atoms with Gasteiger partial charge in [0.2, 0.25) is 0 Å². The summed E-state index contributed by atoms with van der Waals surface area (Å²) in [6.07, 6.45) is 3.67. The van der Waals surface area contributed by atoms with Crippen LogP contribution in [0.25, 0.3) is 11.1 Å². The lowest BCUT2D eigenvalue weighted by atomic mass is 10.0. The average Bonchev–Trinajstić information content (AvgIpc) is 2.81. The number of carbonyl (C=O) groups is 1. The molecule has 2 aliphatic rings. The third-order valence-corrected chi connectivity index (χ3v) is 4.98. The van der Waals surface area contributed by atoms with Gasteiger partial charge < -0.3 is 4.42 Å². The Morgan fingerprint density at radius 3 is 2.80 bits per heavy atom. The number of carbonyl (C=O) groups excluding carboxylic acids is 1. The number of hydrogen-bond acceptors (Lipinski definition) is 3. The normalized spacial score (nSPS) is 27.8. The Labute approximate surface area is 116 Å². The maximum absolute atomic E-state index is 12.5. The van der Waals surface area contributed by atoms with Crippen LogP contribution in [0.15, 0.2) is 27.4 Å². The number of benzene rings is 1. The topological polar surface area (TPSA) is 52.2 Å². The first-order valence-corrected chi connectivity index (χ1v) is 7.38. The zero-order chi connectivity index (χ0) is 13.9. The van der Waals surface area contributed by atoms with Gasteiger partial charge in [0.25, 0.3) is 0 Å². The molecule has 0 saturated heterocycles. The Morgan fingerprint density at radius 2 is 2.10 bits per heavy atom. The van der Waals surface area contributed by atoms with Gasteiger partial charge in [-0.25, -0.2) is 4.79 Å². The van der Waals surface area contributed by atoms with E-state index in [0.29, 0.717) is 29.5 Å². The minimum Gasteiger partial charge on any atom is -0.408 e. The van der Waals surface area contributed by atoms with E-state index in [-0.39, 0.29) is 17.5 Å². The highest BCUT2D eigenvalue weighted by Gasteiger charge is 2.56. The van der Waals surface area contributed by atoms with Gasteiger partial charge in [0.05, 0.1) is 5.52 Å². The molecule has 1 aromatic heterocycles. The van der Waals surface area contributed by atoms with Crippen LogP contribution >= 0.6 is 0 Å². The van der Waals surface area contributed by atoms with Gasteiger partial charge in [-0.15, -0.1) is 0 Å². The number of aryl methyl sites for hydroxylation is 1. The lowest BCUT2D eigenvalue weighted by Crippen LogP contribution is -2.12. The summed E-state index contributed by atoms with van der Waals surface area (Å²) in [4.78, 5) is 24.2. The van der Waals surface area contributed by atoms with Crippen molar-refractivity contribution in [3.63, 3.8) is 0 Å². The molecule has 104 valence electrons. The van der Waals surface area contributed by atoms with Crippen molar-refractivity contribution >= 4 is 16.9 Å². The molecule has 2 fully saturated rings. The van der Waals surface area contributed by atoms with E-state index in [1.807, 2.05) is 19.1 Å². The number of ketones is 1. The third-order valence-electron chi connectivity index (χ3n) is 4.98. The number of nitrogens with zero attached hydrogens (tertiary/aromatic N) is 1. The van der Waals surface area contributed by atoms with Crippen molar-refractivity contribution in [2.75, 3.05) is 0 Å². The van der Waals surface area contributed by atoms with E-state index in [4.69, 9.17) is 4.42 Å². The second-order valence-electron chi connectivity index (χ2n) is 5.94. The number of rotatable bonds is 3. The Bertz CT molecular complexity index is 745. The molecule has 0 N–H and O–H groups in total. The molecule has 1 heterocycles. The maximum atomic E-state index is 12.5. The molecular formula is C16H17NO3. The lowest BCUT2D eigenvalue weighted by Gasteiger charge is -2.03. The van der Waals surface area contributed by atoms with E-state index in [9.17, 15) is 9.59 Å². The van der Waals surface area contributed by atoms with E-state index in [1.54, 1.807) is 10.6 Å². The Hall–Kier alpha value is -1.84. The number of hydrogen-bond donors (Lipinski definition) is 0. The van der Waals surface area contributed by atoms with Crippen molar-refractivity contribution in [2.45, 2.75) is 32.7 Å². The molecule has 0 bridgehead atoms. The number of aromatic nitrogens is 1. The van der Waals surface area contributed by atoms with Gasteiger partial charge in [0.1, 0.15) is 0 Å². The summed E-state index contributed by atoms with van der Waals surface area (Å²) in [7, 11) is 0. The molecule has 2 aliphatic carbocycles. The van der Waals surface area contributed by atoms with Crippen LogP contribution in [-0.4, -0.2) is 10.4 Å². The predicted molar refractivity (Wildman–Crippen MR) is 74.8 cm³/mol. The molecule has 0 amide bonds. The highest BCUT2D eigenvalue weighted by molar-refractivity contribution is 6.02. The minimum absolute atomic E-state index is 0.223. The molecule has 0 aliphatic heterocycles. The Morgan fingerprint density at radius 1 is 1.35 bits per heavy atom. The minimum atomic E-state index is -0.351. The highest BCUT2D eigenvalue weighted by Crippen LogP contribution is 2.58. The molecule has 2 unspecified atom stereocenters. The molecular weight excluding hydrogens is 254 g/mol. The molecule has 0 radical (unpaired) electrons. The molecule has 1 aromatic carbocycles. The van der Waals surface area contributed by atoms with Gasteiger partial charge in [-0.05, 0) is 49.8 Å². The number of fused-ring (bicyclic) bond motifs is 2. The van der Waals surface area contributed by atoms with Gasteiger partial charge in [0, 0.05) is 18.0 Å². The van der Waals surface area contributed by atoms with Crippen LogP contribution in [0.2, 0.25) is 0 Å². The zero-order valence-electron chi connectivity index (χ0n) is 11.5. The second kappa shape index (κ2) is 4.08. The van der Waals surface area contributed by atoms with Crippen molar-refractivity contribution in [1.29, 1.82) is 0 Å². The van der Waals surface area contributed by atoms with Crippen LogP contribution in [0.5, 0.6) is 0 Å². The smallest absolute Gasteiger partial charge is 0.408 e. The van der Waals surface area contributed by atoms with Gasteiger partial charge in [0.15, 0.2) is 11.4 Å². The molecule has 2 saturated carbocycles. The van der Waals surface area contributed by atoms with Crippen LogP contribution in [0.3, 0.4) is 0 Å². The van der Waals surface area contributed by atoms with E-state index < -0.39 is 0 Å². The highest BCUT2D eigenvalue weighted by atomic mass is 16.4. The molecule has 0 spiro atoms. The van der Waals surface area contributed by atoms with Gasteiger partial charge >= 0.3 is 5.76 Å². The van der Waals surface area contributed by atoms with E-state index in [1.165, 1.54) is 19.3 Å². The van der Waals surface area contributed by atoms with Crippen molar-refractivity contribution in [3.8, 4) is 0 Å². The maximum Gasteiger partial charge on any atom is 0.419 e. The first-order valence-electron chi connectivity index (χ1n) is 7.38. The van der Waals surface area contributed by atoms with E-state index in [0.717, 1.165) is 5.52 Å². The summed E-state index contributed by atoms with van der Waals surface area (Å²) in [5.74, 6) is 1.33. The van der Waals surface area contributed by atoms with Crippen LogP contribution in [0.4, 0.5) is 0 Å². The molecule has 4 heteroatoms. The average molecular weight is 271 g/mol. The molecule has 20 heavy (non-hydrogen) atoms. The molecule has 2 aromatic rings. The lowest BCUT2D eigenvalue weighted by molar-refractivity contribution is 0.0951. The van der Waals surface area contributed by atoms with Crippen molar-refractivity contribution < 1.29 is 9.21 Å². The fourth-order valence-corrected chi connectivity index (χ4v) is 3.92. The van der Waals surface area contributed by atoms with Gasteiger partial charge in [-0.1, -0.05) is 6.42 Å². The van der Waals surface area contributed by atoms with Gasteiger partial charge in [-0.3, -0.25) is 9.36 Å². The summed E-state index contributed by atoms with van der Waals surface area (Å²) < 4.78 is 6.81. The fourth-order valence-electron chi connectivity index (χ4n) is 3.92. The largest absolute Gasteiger partial charge is 0.419 e. The van der Waals surface area contributed by atoms with Crippen molar-refractivity contribution in [2.24, 2.45) is 17.8 Å². The van der Waals surface area contributed by atoms with Crippen LogP contribution < -0.4 is 5.76 Å². The predicted octanol–water partition coefficient (Wildman–Crippen LogP) is 2.84. The summed E-state index contributed by atoms with van der Waals surface area (Å²) in [6.45, 7) is 2.48. The summed E-state index contributed by atoms with van der Waals surface area (Å²) in [5.41, 5.74) is 1.98. The van der Waals surface area contributed by atoms with Crippen molar-refractivity contribution in [1.82, 2.24) is 4.57 Å². The zero-order valence-corrected chi connectivity index (χ0v) is 11.5. The SMILES string of the molecule is CCn1c(=O)oc2cc(C(=O)C3C4CCCC43)ccc21. The second-order valence-corrected chi connectivity index (χ2v) is 5.94. The fraction of sp³-hybridized carbons (Fsp3) is 0.500. The van der Waals surface area contributed by atoms with E-state index in [2.05, 4.69) is 0 Å². The third kappa shape index (κ3) is 1.54. The monoisotopic (exact) mass is 271 g/mol. The molecule has 2 atom stereocenters. The Balaban J connectivity index is 1.71. The standard InChI is InChI=1S/C16H17NO3/c1-2-17-12-7-6-9(8-13(12)20-16(17)19)15(18)14-10-4-3-5-11(10)14/h6-8,10-11,14H,2-5H2,1H3. The van der Waals surface area contributed by atoms with Crippen LogP contribution in [0.1, 0.15) is 36.5 Å². The Kier molecular flexibility index (Phi) is 2.43. The van der Waals surface area contributed by atoms with Gasteiger partial charge in [-0.2, -0.15) is 0 Å². The summed E-state index contributed by atoms with van der Waals surface area (Å²) >= 11 is 0. The molecule has 4 rings (SSSR count). The quantitative estimate of drug-likeness (QED) is 0.807. The van der Waals surface area contributed by atoms with Crippen LogP contribution in [-0.2, 0) is 6.54 Å².